The fourth-order valence-corrected chi connectivity index (χ4v) is 4.52. The van der Waals surface area contributed by atoms with Crippen LogP contribution in [0.4, 0.5) is 0 Å². The molecule has 1 N–H and O–H groups in total. The first kappa shape index (κ1) is 19.2. The molecule has 0 saturated carbocycles. The van der Waals surface area contributed by atoms with Crippen molar-refractivity contribution >= 4 is 40.4 Å². The van der Waals surface area contributed by atoms with E-state index < -0.39 is 0 Å². The smallest absolute Gasteiger partial charge is 0.235 e. The van der Waals surface area contributed by atoms with E-state index in [0.29, 0.717) is 16.2 Å². The molecule has 1 unspecified atom stereocenters. The van der Waals surface area contributed by atoms with Crippen LogP contribution in [0.5, 0.6) is 0 Å². The van der Waals surface area contributed by atoms with Crippen LogP contribution in [-0.2, 0) is 11.3 Å². The summed E-state index contributed by atoms with van der Waals surface area (Å²) in [6, 6.07) is 10.4. The summed E-state index contributed by atoms with van der Waals surface area (Å²) in [5.41, 5.74) is 2.52. The zero-order valence-electron chi connectivity index (χ0n) is 15.5. The number of rotatable bonds is 5. The molecule has 0 aliphatic carbocycles. The fraction of sp³-hybridized carbons (Fsp3) is 0.368. The van der Waals surface area contributed by atoms with E-state index in [0.717, 1.165) is 32.7 Å². The van der Waals surface area contributed by atoms with Crippen molar-refractivity contribution in [3.63, 3.8) is 0 Å². The number of H-pyrrole nitrogens is 1. The van der Waals surface area contributed by atoms with Crippen LogP contribution in [0.15, 0.2) is 41.7 Å². The lowest BCUT2D eigenvalue weighted by Crippen LogP contribution is -2.50. The van der Waals surface area contributed by atoms with Crippen molar-refractivity contribution in [2.45, 2.75) is 23.7 Å². The standard InChI is InChI=1S/C19H21ClN6OS/c1-13(28-17-15-16(22-12-21-15)23-19(20)24-17)18(27)26-9-7-25(8-10-26)11-14-5-3-2-4-6-14/h2-6,12-13H,7-11H2,1H3,(H,21,22,23,24). The molecule has 2 aromatic heterocycles. The molecule has 1 aliphatic heterocycles. The summed E-state index contributed by atoms with van der Waals surface area (Å²) in [6.45, 7) is 6.05. The topological polar surface area (TPSA) is 78.0 Å². The number of hydrogen-bond acceptors (Lipinski definition) is 6. The maximum absolute atomic E-state index is 12.9. The molecule has 0 radical (unpaired) electrons. The van der Waals surface area contributed by atoms with Crippen LogP contribution in [-0.4, -0.2) is 67.1 Å². The monoisotopic (exact) mass is 416 g/mol. The van der Waals surface area contributed by atoms with Gasteiger partial charge in [-0.15, -0.1) is 0 Å². The average Bonchev–Trinajstić information content (AvgIpc) is 3.17. The average molecular weight is 417 g/mol. The highest BCUT2D eigenvalue weighted by molar-refractivity contribution is 8.00. The van der Waals surface area contributed by atoms with Crippen molar-refractivity contribution < 1.29 is 4.79 Å². The van der Waals surface area contributed by atoms with Crippen LogP contribution >= 0.6 is 23.4 Å². The number of amides is 1. The number of nitrogens with one attached hydrogen (secondary N) is 1. The summed E-state index contributed by atoms with van der Waals surface area (Å²) in [5.74, 6) is 0.117. The highest BCUT2D eigenvalue weighted by atomic mass is 35.5. The summed E-state index contributed by atoms with van der Waals surface area (Å²) in [7, 11) is 0. The Morgan fingerprint density at radius 3 is 2.71 bits per heavy atom. The van der Waals surface area contributed by atoms with Gasteiger partial charge in [0.2, 0.25) is 11.2 Å². The summed E-state index contributed by atoms with van der Waals surface area (Å²) in [4.78, 5) is 32.7. The van der Waals surface area contributed by atoms with Crippen molar-refractivity contribution in [3.05, 3.63) is 47.5 Å². The number of piperazine rings is 1. The second-order valence-electron chi connectivity index (χ2n) is 6.75. The molecule has 28 heavy (non-hydrogen) atoms. The molecular weight excluding hydrogens is 396 g/mol. The van der Waals surface area contributed by atoms with Gasteiger partial charge in [0.1, 0.15) is 10.5 Å². The Morgan fingerprint density at radius 2 is 1.96 bits per heavy atom. The molecule has 146 valence electrons. The van der Waals surface area contributed by atoms with Gasteiger partial charge < -0.3 is 9.88 Å². The van der Waals surface area contributed by atoms with Crippen LogP contribution in [0.2, 0.25) is 5.28 Å². The molecule has 1 fully saturated rings. The van der Waals surface area contributed by atoms with E-state index in [9.17, 15) is 4.79 Å². The molecule has 0 bridgehead atoms. The molecule has 1 amide bonds. The summed E-state index contributed by atoms with van der Waals surface area (Å²) in [6.07, 6.45) is 1.55. The Balaban J connectivity index is 1.35. The minimum absolute atomic E-state index is 0.117. The predicted molar refractivity (Wildman–Crippen MR) is 110 cm³/mol. The molecule has 4 rings (SSSR count). The lowest BCUT2D eigenvalue weighted by Gasteiger charge is -2.35. The number of halogens is 1. The number of carbonyl (C=O) groups is 1. The van der Waals surface area contributed by atoms with Crippen molar-refractivity contribution in [1.29, 1.82) is 0 Å². The van der Waals surface area contributed by atoms with Gasteiger partial charge in [0.15, 0.2) is 5.65 Å². The molecule has 1 atom stereocenters. The Morgan fingerprint density at radius 1 is 1.21 bits per heavy atom. The molecule has 1 aromatic carbocycles. The summed E-state index contributed by atoms with van der Waals surface area (Å²) >= 11 is 7.37. The molecule has 9 heteroatoms. The van der Waals surface area contributed by atoms with Crippen molar-refractivity contribution in [2.24, 2.45) is 0 Å². The first-order valence-corrected chi connectivity index (χ1v) is 10.4. The Kier molecular flexibility index (Phi) is 5.79. The van der Waals surface area contributed by atoms with Crippen molar-refractivity contribution in [1.82, 2.24) is 29.7 Å². The number of benzene rings is 1. The first-order valence-electron chi connectivity index (χ1n) is 9.18. The van der Waals surface area contributed by atoms with Crippen LogP contribution in [0, 0.1) is 0 Å². The lowest BCUT2D eigenvalue weighted by molar-refractivity contribution is -0.132. The molecule has 3 heterocycles. The number of aromatic nitrogens is 4. The molecule has 1 aliphatic rings. The highest BCUT2D eigenvalue weighted by Crippen LogP contribution is 2.29. The minimum atomic E-state index is -0.266. The molecule has 0 spiro atoms. The van der Waals surface area contributed by atoms with Crippen LogP contribution in [0.1, 0.15) is 12.5 Å². The molecule has 1 saturated heterocycles. The first-order chi connectivity index (χ1) is 13.6. The third-order valence-electron chi connectivity index (χ3n) is 4.79. The maximum Gasteiger partial charge on any atom is 0.235 e. The van der Waals surface area contributed by atoms with Gasteiger partial charge in [-0.1, -0.05) is 42.1 Å². The van der Waals surface area contributed by atoms with Gasteiger partial charge >= 0.3 is 0 Å². The zero-order chi connectivity index (χ0) is 19.5. The maximum atomic E-state index is 12.9. The zero-order valence-corrected chi connectivity index (χ0v) is 17.1. The number of nitrogens with zero attached hydrogens (tertiary/aromatic N) is 5. The minimum Gasteiger partial charge on any atom is -0.341 e. The Labute approximate surface area is 172 Å². The third-order valence-corrected chi connectivity index (χ3v) is 6.04. The van der Waals surface area contributed by atoms with Gasteiger partial charge in [-0.2, -0.15) is 4.98 Å². The largest absolute Gasteiger partial charge is 0.341 e. The highest BCUT2D eigenvalue weighted by Gasteiger charge is 2.26. The van der Waals surface area contributed by atoms with Gasteiger partial charge in [0.25, 0.3) is 0 Å². The van der Waals surface area contributed by atoms with Gasteiger partial charge in [0.05, 0.1) is 11.6 Å². The lowest BCUT2D eigenvalue weighted by atomic mass is 10.2. The number of imidazole rings is 1. The number of thioether (sulfide) groups is 1. The van der Waals surface area contributed by atoms with Gasteiger partial charge in [-0.25, -0.2) is 9.97 Å². The number of aromatic amines is 1. The predicted octanol–water partition coefficient (Wildman–Crippen LogP) is 2.83. The van der Waals surface area contributed by atoms with Crippen LogP contribution < -0.4 is 0 Å². The Bertz CT molecular complexity index is 957. The van der Waals surface area contributed by atoms with Gasteiger partial charge in [-0.3, -0.25) is 9.69 Å². The van der Waals surface area contributed by atoms with E-state index in [4.69, 9.17) is 11.6 Å². The van der Waals surface area contributed by atoms with E-state index in [2.05, 4.69) is 49.1 Å². The number of carbonyl (C=O) groups excluding carboxylic acids is 1. The van der Waals surface area contributed by atoms with E-state index >= 15 is 0 Å². The van der Waals surface area contributed by atoms with Crippen LogP contribution in [0.3, 0.4) is 0 Å². The summed E-state index contributed by atoms with van der Waals surface area (Å²) < 4.78 is 0. The number of hydrogen-bond donors (Lipinski definition) is 1. The Hall–Kier alpha value is -2.16. The SMILES string of the molecule is CC(Sc1nc(Cl)nc2nc[nH]c12)C(=O)N1CCN(Cc2ccccc2)CC1. The second-order valence-corrected chi connectivity index (χ2v) is 8.41. The van der Waals surface area contributed by atoms with E-state index in [-0.39, 0.29) is 16.4 Å². The number of fused-ring (bicyclic) bond motifs is 1. The molecule has 7 nitrogen and oxygen atoms in total. The fourth-order valence-electron chi connectivity index (χ4n) is 3.31. The van der Waals surface area contributed by atoms with Crippen LogP contribution in [0.25, 0.3) is 11.2 Å². The summed E-state index contributed by atoms with van der Waals surface area (Å²) in [5, 5.41) is 0.519. The van der Waals surface area contributed by atoms with Gasteiger partial charge in [0, 0.05) is 32.7 Å². The van der Waals surface area contributed by atoms with E-state index in [1.165, 1.54) is 17.3 Å². The normalized spacial score (nSPS) is 16.4. The van der Waals surface area contributed by atoms with Crippen molar-refractivity contribution in [3.8, 4) is 0 Å². The van der Waals surface area contributed by atoms with Crippen molar-refractivity contribution in [2.75, 3.05) is 26.2 Å². The van der Waals surface area contributed by atoms with E-state index in [1.807, 2.05) is 17.9 Å². The quantitative estimate of drug-likeness (QED) is 0.391. The van der Waals surface area contributed by atoms with E-state index in [1.54, 1.807) is 6.33 Å². The van der Waals surface area contributed by atoms with Gasteiger partial charge in [-0.05, 0) is 24.1 Å². The molecule has 3 aromatic rings. The molecular formula is C19H21ClN6OS. The second kappa shape index (κ2) is 8.46. The third kappa shape index (κ3) is 4.29.